The summed E-state index contributed by atoms with van der Waals surface area (Å²) in [5.74, 6) is 0.809. The lowest BCUT2D eigenvalue weighted by Gasteiger charge is -2.06. The Morgan fingerprint density at radius 3 is 2.90 bits per heavy atom. The highest BCUT2D eigenvalue weighted by molar-refractivity contribution is 8.00. The van der Waals surface area contributed by atoms with Crippen LogP contribution in [0.1, 0.15) is 19.0 Å². The Hall–Kier alpha value is -1.34. The number of hydrogen-bond acceptors (Lipinski definition) is 7. The van der Waals surface area contributed by atoms with Crippen LogP contribution in [0.2, 0.25) is 0 Å². The minimum atomic E-state index is 0.809. The lowest BCUT2D eigenvalue weighted by atomic mass is 10.3. The molecule has 2 rings (SSSR count). The quantitative estimate of drug-likeness (QED) is 0.793. The zero-order chi connectivity index (χ0) is 14.4. The van der Waals surface area contributed by atoms with E-state index in [2.05, 4.69) is 33.5 Å². The van der Waals surface area contributed by atoms with Crippen LogP contribution < -0.4 is 10.2 Å². The maximum absolute atomic E-state index is 4.39. The molecule has 0 aliphatic carbocycles. The van der Waals surface area contributed by atoms with Gasteiger partial charge >= 0.3 is 0 Å². The van der Waals surface area contributed by atoms with Crippen LogP contribution >= 0.6 is 23.1 Å². The number of nitrogens with zero attached hydrogens (tertiary/aromatic N) is 4. The summed E-state index contributed by atoms with van der Waals surface area (Å²) >= 11 is 3.27. The molecule has 20 heavy (non-hydrogen) atoms. The van der Waals surface area contributed by atoms with Gasteiger partial charge in [0.2, 0.25) is 5.13 Å². The normalized spacial score (nSPS) is 10.6. The van der Waals surface area contributed by atoms with Crippen LogP contribution in [-0.4, -0.2) is 35.8 Å². The van der Waals surface area contributed by atoms with E-state index in [1.165, 1.54) is 0 Å². The van der Waals surface area contributed by atoms with Gasteiger partial charge in [-0.2, -0.15) is 0 Å². The van der Waals surface area contributed by atoms with Crippen LogP contribution in [0.25, 0.3) is 0 Å². The number of hydrogen-bond donors (Lipinski definition) is 1. The largest absolute Gasteiger partial charge is 0.385 e. The summed E-state index contributed by atoms with van der Waals surface area (Å²) in [7, 11) is 3.94. The molecular formula is C13H19N5S2. The molecule has 7 heteroatoms. The standard InChI is InChI=1S/C13H19N5S2/c1-4-6-14-10-5-7-15-11(8-10)9-19-13-17-16-12(20-13)18(2)3/h5,7-8H,4,6,9H2,1-3H3,(H,14,15). The predicted octanol–water partition coefficient (Wildman–Crippen LogP) is 3.11. The van der Waals surface area contributed by atoms with Gasteiger partial charge in [-0.1, -0.05) is 30.0 Å². The Kier molecular flexibility index (Phi) is 5.60. The second kappa shape index (κ2) is 7.44. The van der Waals surface area contributed by atoms with Gasteiger partial charge in [0.1, 0.15) is 0 Å². The highest BCUT2D eigenvalue weighted by Crippen LogP contribution is 2.29. The maximum atomic E-state index is 4.39. The molecular weight excluding hydrogens is 290 g/mol. The molecule has 2 heterocycles. The Morgan fingerprint density at radius 1 is 1.35 bits per heavy atom. The Labute approximate surface area is 127 Å². The van der Waals surface area contributed by atoms with Gasteiger partial charge in [0.05, 0.1) is 5.69 Å². The molecule has 0 unspecified atom stereocenters. The van der Waals surface area contributed by atoms with Crippen molar-refractivity contribution < 1.29 is 0 Å². The first-order valence-electron chi connectivity index (χ1n) is 6.51. The smallest absolute Gasteiger partial charge is 0.208 e. The summed E-state index contributed by atoms with van der Waals surface area (Å²) in [6.07, 6.45) is 2.96. The molecule has 0 spiro atoms. The first-order valence-corrected chi connectivity index (χ1v) is 8.31. The fraction of sp³-hybridized carbons (Fsp3) is 0.462. The van der Waals surface area contributed by atoms with Crippen molar-refractivity contribution in [1.29, 1.82) is 0 Å². The summed E-state index contributed by atoms with van der Waals surface area (Å²) in [4.78, 5) is 6.36. The van der Waals surface area contributed by atoms with Crippen molar-refractivity contribution in [3.05, 3.63) is 24.0 Å². The van der Waals surface area contributed by atoms with E-state index in [1.54, 1.807) is 23.1 Å². The second-order valence-corrected chi connectivity index (χ2v) is 6.67. The highest BCUT2D eigenvalue weighted by Gasteiger charge is 2.07. The van der Waals surface area contributed by atoms with Crippen molar-refractivity contribution in [3.8, 4) is 0 Å². The number of pyridine rings is 1. The van der Waals surface area contributed by atoms with E-state index in [-0.39, 0.29) is 0 Å². The van der Waals surface area contributed by atoms with Crippen LogP contribution in [0.5, 0.6) is 0 Å². The third-order valence-electron chi connectivity index (χ3n) is 2.52. The van der Waals surface area contributed by atoms with Crippen molar-refractivity contribution in [2.24, 2.45) is 0 Å². The molecule has 108 valence electrons. The molecule has 5 nitrogen and oxygen atoms in total. The number of thioether (sulfide) groups is 1. The molecule has 0 saturated heterocycles. The summed E-state index contributed by atoms with van der Waals surface area (Å²) < 4.78 is 0.974. The topological polar surface area (TPSA) is 53.9 Å². The molecule has 2 aromatic rings. The van der Waals surface area contributed by atoms with E-state index >= 15 is 0 Å². The summed E-state index contributed by atoms with van der Waals surface area (Å²) in [6, 6.07) is 4.09. The molecule has 0 aromatic carbocycles. The SMILES string of the molecule is CCCNc1ccnc(CSc2nnc(N(C)C)s2)c1. The van der Waals surface area contributed by atoms with E-state index < -0.39 is 0 Å². The zero-order valence-electron chi connectivity index (χ0n) is 12.0. The van der Waals surface area contributed by atoms with Gasteiger partial charge in [0.15, 0.2) is 4.34 Å². The predicted molar refractivity (Wildman–Crippen MR) is 86.8 cm³/mol. The molecule has 0 aliphatic rings. The Balaban J connectivity index is 1.92. The van der Waals surface area contributed by atoms with E-state index in [9.17, 15) is 0 Å². The van der Waals surface area contributed by atoms with Crippen molar-refractivity contribution >= 4 is 33.9 Å². The van der Waals surface area contributed by atoms with Gasteiger partial charge in [-0.3, -0.25) is 4.98 Å². The van der Waals surface area contributed by atoms with Crippen molar-refractivity contribution in [2.45, 2.75) is 23.4 Å². The second-order valence-electron chi connectivity index (χ2n) is 4.50. The van der Waals surface area contributed by atoms with Crippen molar-refractivity contribution in [3.63, 3.8) is 0 Å². The molecule has 0 fully saturated rings. The highest BCUT2D eigenvalue weighted by atomic mass is 32.2. The van der Waals surface area contributed by atoms with Crippen LogP contribution in [-0.2, 0) is 5.75 Å². The summed E-state index contributed by atoms with van der Waals surface area (Å²) in [5.41, 5.74) is 2.18. The fourth-order valence-corrected chi connectivity index (χ4v) is 3.18. The number of rotatable bonds is 7. The van der Waals surface area contributed by atoms with E-state index in [4.69, 9.17) is 0 Å². The van der Waals surface area contributed by atoms with Gasteiger partial charge in [0, 0.05) is 38.3 Å². The van der Waals surface area contributed by atoms with Gasteiger partial charge < -0.3 is 10.2 Å². The fourth-order valence-electron chi connectivity index (χ4n) is 1.51. The van der Waals surface area contributed by atoms with E-state index in [1.807, 2.05) is 31.3 Å². The third-order valence-corrected chi connectivity index (χ3v) is 4.78. The minimum absolute atomic E-state index is 0.809. The van der Waals surface area contributed by atoms with Crippen LogP contribution in [0, 0.1) is 0 Å². The van der Waals surface area contributed by atoms with Crippen molar-refractivity contribution in [1.82, 2.24) is 15.2 Å². The minimum Gasteiger partial charge on any atom is -0.385 e. The Bertz CT molecular complexity index is 541. The number of nitrogens with one attached hydrogen (secondary N) is 1. The molecule has 1 N–H and O–H groups in total. The van der Waals surface area contributed by atoms with Gasteiger partial charge in [0.25, 0.3) is 0 Å². The van der Waals surface area contributed by atoms with Crippen LogP contribution in [0.15, 0.2) is 22.7 Å². The molecule has 0 amide bonds. The first kappa shape index (κ1) is 15.1. The lowest BCUT2D eigenvalue weighted by Crippen LogP contribution is -2.07. The monoisotopic (exact) mass is 309 g/mol. The number of aromatic nitrogens is 3. The molecule has 0 bridgehead atoms. The zero-order valence-corrected chi connectivity index (χ0v) is 13.6. The molecule has 0 aliphatic heterocycles. The average Bonchev–Trinajstić information content (AvgIpc) is 2.92. The van der Waals surface area contributed by atoms with Gasteiger partial charge in [-0.05, 0) is 18.6 Å². The molecule has 0 radical (unpaired) electrons. The summed E-state index contributed by atoms with van der Waals surface area (Å²) in [5, 5.41) is 12.6. The van der Waals surface area contributed by atoms with Crippen molar-refractivity contribution in [2.75, 3.05) is 30.9 Å². The van der Waals surface area contributed by atoms with Gasteiger partial charge in [-0.25, -0.2) is 0 Å². The Morgan fingerprint density at radius 2 is 2.20 bits per heavy atom. The lowest BCUT2D eigenvalue weighted by molar-refractivity contribution is 0.971. The summed E-state index contributed by atoms with van der Waals surface area (Å²) in [6.45, 7) is 3.14. The molecule has 2 aromatic heterocycles. The average molecular weight is 309 g/mol. The third kappa shape index (κ3) is 4.35. The van der Waals surface area contributed by atoms with Gasteiger partial charge in [-0.15, -0.1) is 10.2 Å². The number of anilines is 2. The maximum Gasteiger partial charge on any atom is 0.208 e. The van der Waals surface area contributed by atoms with Crippen LogP contribution in [0.3, 0.4) is 0 Å². The molecule has 0 atom stereocenters. The van der Waals surface area contributed by atoms with Crippen LogP contribution in [0.4, 0.5) is 10.8 Å². The first-order chi connectivity index (χ1) is 9.69. The van der Waals surface area contributed by atoms with E-state index in [0.29, 0.717) is 0 Å². The van der Waals surface area contributed by atoms with E-state index in [0.717, 1.165) is 39.6 Å². The molecule has 0 saturated carbocycles.